The maximum atomic E-state index is 12.8. The molecule has 0 radical (unpaired) electrons. The van der Waals surface area contributed by atoms with Gasteiger partial charge in [0.15, 0.2) is 0 Å². The van der Waals surface area contributed by atoms with E-state index in [0.717, 1.165) is 34.5 Å². The molecule has 1 unspecified atom stereocenters. The van der Waals surface area contributed by atoms with Gasteiger partial charge in [-0.25, -0.2) is 0 Å². The first kappa shape index (κ1) is 20.8. The van der Waals surface area contributed by atoms with Crippen LogP contribution in [0.15, 0.2) is 53.2 Å². The highest BCUT2D eigenvalue weighted by atomic mass is 16.5. The smallest absolute Gasteiger partial charge is 0.243 e. The number of likely N-dealkylation sites (tertiary alicyclic amines) is 1. The number of nitrogens with zero attached hydrogens (tertiary/aromatic N) is 3. The average Bonchev–Trinajstić information content (AvgIpc) is 3.42. The van der Waals surface area contributed by atoms with Crippen molar-refractivity contribution in [2.75, 3.05) is 6.54 Å². The molecule has 4 rings (SSSR count). The van der Waals surface area contributed by atoms with Crippen molar-refractivity contribution in [3.8, 4) is 11.1 Å². The van der Waals surface area contributed by atoms with Gasteiger partial charge in [-0.3, -0.25) is 14.6 Å². The lowest BCUT2D eigenvalue weighted by atomic mass is 10.1. The van der Waals surface area contributed by atoms with E-state index in [0.29, 0.717) is 25.3 Å². The molecule has 2 aromatic heterocycles. The van der Waals surface area contributed by atoms with Crippen LogP contribution in [0.1, 0.15) is 35.6 Å². The van der Waals surface area contributed by atoms with E-state index in [1.807, 2.05) is 56.4 Å². The molecule has 1 saturated heterocycles. The molecule has 2 amide bonds. The Kier molecular flexibility index (Phi) is 6.11. The Morgan fingerprint density at radius 3 is 2.55 bits per heavy atom. The van der Waals surface area contributed by atoms with Gasteiger partial charge in [0.1, 0.15) is 11.8 Å². The molecule has 31 heavy (non-hydrogen) atoms. The normalized spacial score (nSPS) is 15.8. The Hall–Kier alpha value is -3.48. The van der Waals surface area contributed by atoms with Crippen LogP contribution >= 0.6 is 0 Å². The van der Waals surface area contributed by atoms with Crippen LogP contribution in [0.4, 0.5) is 0 Å². The number of aromatic nitrogens is 2. The minimum atomic E-state index is -0.436. The van der Waals surface area contributed by atoms with Crippen LogP contribution in [0.5, 0.6) is 0 Å². The van der Waals surface area contributed by atoms with Gasteiger partial charge >= 0.3 is 0 Å². The molecular weight excluding hydrogens is 392 g/mol. The van der Waals surface area contributed by atoms with Gasteiger partial charge in [-0.1, -0.05) is 35.5 Å². The molecule has 1 aliphatic rings. The second-order valence-corrected chi connectivity index (χ2v) is 7.96. The van der Waals surface area contributed by atoms with E-state index in [9.17, 15) is 9.59 Å². The summed E-state index contributed by atoms with van der Waals surface area (Å²) in [7, 11) is 0. The van der Waals surface area contributed by atoms with Crippen molar-refractivity contribution in [3.63, 3.8) is 0 Å². The molecule has 3 heterocycles. The zero-order chi connectivity index (χ0) is 21.8. The second kappa shape index (κ2) is 9.12. The van der Waals surface area contributed by atoms with Crippen molar-refractivity contribution < 1.29 is 14.1 Å². The Morgan fingerprint density at radius 2 is 1.87 bits per heavy atom. The zero-order valence-electron chi connectivity index (χ0n) is 17.8. The van der Waals surface area contributed by atoms with Crippen molar-refractivity contribution in [2.24, 2.45) is 0 Å². The third-order valence-corrected chi connectivity index (χ3v) is 5.54. The third-order valence-electron chi connectivity index (χ3n) is 5.54. The van der Waals surface area contributed by atoms with Gasteiger partial charge in [-0.2, -0.15) is 0 Å². The Bertz CT molecular complexity index is 1060. The van der Waals surface area contributed by atoms with E-state index < -0.39 is 6.04 Å². The van der Waals surface area contributed by atoms with Gasteiger partial charge in [0.25, 0.3) is 0 Å². The number of carbonyl (C=O) groups excluding carboxylic acids is 2. The van der Waals surface area contributed by atoms with E-state index in [2.05, 4.69) is 15.5 Å². The van der Waals surface area contributed by atoms with Gasteiger partial charge in [0.2, 0.25) is 11.8 Å². The molecule has 0 spiro atoms. The predicted octanol–water partition coefficient (Wildman–Crippen LogP) is 3.20. The van der Waals surface area contributed by atoms with E-state index in [1.165, 1.54) is 0 Å². The van der Waals surface area contributed by atoms with Crippen LogP contribution < -0.4 is 5.32 Å². The standard InChI is InChI=1S/C24H26N4O3/c1-16-5-8-20(15-25-16)19-9-6-18(7-10-19)14-26-24(30)22-4-3-11-28(22)23(29)13-21-12-17(2)27-31-21/h5-10,12,15,22H,3-4,11,13-14H2,1-2H3,(H,26,30). The lowest BCUT2D eigenvalue weighted by molar-refractivity contribution is -0.138. The first-order valence-corrected chi connectivity index (χ1v) is 10.5. The molecule has 0 bridgehead atoms. The Balaban J connectivity index is 1.33. The summed E-state index contributed by atoms with van der Waals surface area (Å²) < 4.78 is 5.14. The minimum Gasteiger partial charge on any atom is -0.361 e. The van der Waals surface area contributed by atoms with Gasteiger partial charge in [-0.05, 0) is 43.9 Å². The number of carbonyl (C=O) groups is 2. The highest BCUT2D eigenvalue weighted by molar-refractivity contribution is 5.88. The Labute approximate surface area is 181 Å². The number of benzene rings is 1. The number of rotatable bonds is 6. The van der Waals surface area contributed by atoms with E-state index >= 15 is 0 Å². The SMILES string of the molecule is Cc1ccc(-c2ccc(CNC(=O)C3CCCN3C(=O)Cc3cc(C)no3)cc2)cn1. The van der Waals surface area contributed by atoms with Crippen molar-refractivity contribution >= 4 is 11.8 Å². The summed E-state index contributed by atoms with van der Waals surface area (Å²) in [4.78, 5) is 31.4. The van der Waals surface area contributed by atoms with Crippen LogP contribution in [-0.4, -0.2) is 39.4 Å². The summed E-state index contributed by atoms with van der Waals surface area (Å²) in [6, 6.07) is 13.4. The maximum absolute atomic E-state index is 12.8. The molecule has 1 aromatic carbocycles. The number of amides is 2. The van der Waals surface area contributed by atoms with Gasteiger partial charge in [0.05, 0.1) is 12.1 Å². The molecule has 0 aliphatic carbocycles. The van der Waals surface area contributed by atoms with Crippen LogP contribution in [0.25, 0.3) is 11.1 Å². The van der Waals surface area contributed by atoms with Gasteiger partial charge < -0.3 is 14.7 Å². The van der Waals surface area contributed by atoms with Gasteiger partial charge in [0, 0.05) is 36.6 Å². The molecule has 7 nitrogen and oxygen atoms in total. The highest BCUT2D eigenvalue weighted by Gasteiger charge is 2.34. The zero-order valence-corrected chi connectivity index (χ0v) is 17.8. The summed E-state index contributed by atoms with van der Waals surface area (Å²) in [5.74, 6) is 0.300. The molecule has 3 aromatic rings. The van der Waals surface area contributed by atoms with Crippen molar-refractivity contribution in [1.29, 1.82) is 0 Å². The van der Waals surface area contributed by atoms with Crippen molar-refractivity contribution in [2.45, 2.75) is 45.7 Å². The summed E-state index contributed by atoms with van der Waals surface area (Å²) >= 11 is 0. The highest BCUT2D eigenvalue weighted by Crippen LogP contribution is 2.21. The number of nitrogens with one attached hydrogen (secondary N) is 1. The summed E-state index contributed by atoms with van der Waals surface area (Å²) in [6.07, 6.45) is 3.47. The largest absolute Gasteiger partial charge is 0.361 e. The topological polar surface area (TPSA) is 88.3 Å². The molecule has 0 saturated carbocycles. The van der Waals surface area contributed by atoms with Crippen LogP contribution in [0.2, 0.25) is 0 Å². The average molecular weight is 418 g/mol. The molecular formula is C24H26N4O3. The number of hydrogen-bond donors (Lipinski definition) is 1. The number of hydrogen-bond acceptors (Lipinski definition) is 5. The van der Waals surface area contributed by atoms with Crippen LogP contribution in [0.3, 0.4) is 0 Å². The lowest BCUT2D eigenvalue weighted by Gasteiger charge is -2.23. The maximum Gasteiger partial charge on any atom is 0.243 e. The van der Waals surface area contributed by atoms with E-state index in [1.54, 1.807) is 11.0 Å². The fourth-order valence-corrected chi connectivity index (χ4v) is 3.85. The second-order valence-electron chi connectivity index (χ2n) is 7.96. The van der Waals surface area contributed by atoms with Gasteiger partial charge in [-0.15, -0.1) is 0 Å². The molecule has 1 N–H and O–H groups in total. The van der Waals surface area contributed by atoms with E-state index in [4.69, 9.17) is 4.52 Å². The number of pyridine rings is 1. The van der Waals surface area contributed by atoms with Crippen molar-refractivity contribution in [1.82, 2.24) is 20.4 Å². The number of aryl methyl sites for hydroxylation is 2. The van der Waals surface area contributed by atoms with Crippen molar-refractivity contribution in [3.05, 3.63) is 71.4 Å². The first-order chi connectivity index (χ1) is 15.0. The molecule has 160 valence electrons. The minimum absolute atomic E-state index is 0.107. The Morgan fingerprint density at radius 1 is 1.10 bits per heavy atom. The summed E-state index contributed by atoms with van der Waals surface area (Å²) in [6.45, 7) is 4.78. The quantitative estimate of drug-likeness (QED) is 0.664. The van der Waals surface area contributed by atoms with Crippen LogP contribution in [0, 0.1) is 13.8 Å². The predicted molar refractivity (Wildman–Crippen MR) is 116 cm³/mol. The molecule has 1 atom stereocenters. The fraction of sp³-hybridized carbons (Fsp3) is 0.333. The molecule has 7 heteroatoms. The summed E-state index contributed by atoms with van der Waals surface area (Å²) in [5.41, 5.74) is 4.87. The monoisotopic (exact) mass is 418 g/mol. The lowest BCUT2D eigenvalue weighted by Crippen LogP contribution is -2.46. The molecule has 1 aliphatic heterocycles. The molecule has 1 fully saturated rings. The third kappa shape index (κ3) is 4.99. The van der Waals surface area contributed by atoms with Crippen LogP contribution in [-0.2, 0) is 22.6 Å². The first-order valence-electron chi connectivity index (χ1n) is 10.5. The summed E-state index contributed by atoms with van der Waals surface area (Å²) in [5, 5.41) is 6.79. The van der Waals surface area contributed by atoms with E-state index in [-0.39, 0.29) is 18.2 Å². The fourth-order valence-electron chi connectivity index (χ4n) is 3.85.